The SMILES string of the molecule is CCC(C1CCCCN1)N1CCN(C(c2ccccc2)c2ccccc2)CC1. The molecule has 0 bridgehead atoms. The first kappa shape index (κ1) is 19.6. The Balaban J connectivity index is 1.47. The highest BCUT2D eigenvalue weighted by Crippen LogP contribution is 2.30. The first-order valence-corrected chi connectivity index (χ1v) is 11.2. The molecule has 3 nitrogen and oxygen atoms in total. The van der Waals surface area contributed by atoms with Gasteiger partial charge in [0.1, 0.15) is 0 Å². The van der Waals surface area contributed by atoms with Crippen LogP contribution in [-0.2, 0) is 0 Å². The van der Waals surface area contributed by atoms with E-state index in [-0.39, 0.29) is 0 Å². The molecule has 4 rings (SSSR count). The maximum atomic E-state index is 3.80. The quantitative estimate of drug-likeness (QED) is 0.809. The number of benzene rings is 2. The van der Waals surface area contributed by atoms with Crippen LogP contribution in [0, 0.1) is 0 Å². The number of hydrogen-bond donors (Lipinski definition) is 1. The second kappa shape index (κ2) is 9.69. The maximum Gasteiger partial charge on any atom is 0.0602 e. The highest BCUT2D eigenvalue weighted by Gasteiger charge is 2.32. The molecule has 150 valence electrons. The van der Waals surface area contributed by atoms with E-state index in [0.717, 1.165) is 13.1 Å². The van der Waals surface area contributed by atoms with Gasteiger partial charge in [0.2, 0.25) is 0 Å². The molecule has 0 radical (unpaired) electrons. The van der Waals surface area contributed by atoms with Gasteiger partial charge in [-0.3, -0.25) is 9.80 Å². The lowest BCUT2D eigenvalue weighted by Gasteiger charge is -2.45. The molecule has 2 fully saturated rings. The predicted octanol–water partition coefficient (Wildman–Crippen LogP) is 4.31. The summed E-state index contributed by atoms with van der Waals surface area (Å²) >= 11 is 0. The third-order valence-corrected chi connectivity index (χ3v) is 6.64. The summed E-state index contributed by atoms with van der Waals surface area (Å²) in [5.41, 5.74) is 2.81. The van der Waals surface area contributed by atoms with Gasteiger partial charge in [0, 0.05) is 38.3 Å². The summed E-state index contributed by atoms with van der Waals surface area (Å²) < 4.78 is 0. The molecule has 2 unspecified atom stereocenters. The van der Waals surface area contributed by atoms with Crippen LogP contribution < -0.4 is 5.32 Å². The molecule has 2 atom stereocenters. The standard InChI is InChI=1S/C25H35N3/c1-2-24(23-15-9-10-16-26-23)27-17-19-28(20-18-27)25(21-11-5-3-6-12-21)22-13-7-4-8-14-22/h3-8,11-14,23-26H,2,9-10,15-20H2,1H3. The van der Waals surface area contributed by atoms with E-state index in [1.165, 1.54) is 56.4 Å². The van der Waals surface area contributed by atoms with Gasteiger partial charge in [0.05, 0.1) is 6.04 Å². The molecule has 2 heterocycles. The monoisotopic (exact) mass is 377 g/mol. The maximum absolute atomic E-state index is 3.80. The van der Waals surface area contributed by atoms with Gasteiger partial charge in [-0.2, -0.15) is 0 Å². The Kier molecular flexibility index (Phi) is 6.79. The van der Waals surface area contributed by atoms with Crippen LogP contribution in [0.2, 0.25) is 0 Å². The van der Waals surface area contributed by atoms with Crippen LogP contribution in [0.25, 0.3) is 0 Å². The largest absolute Gasteiger partial charge is 0.312 e. The van der Waals surface area contributed by atoms with Gasteiger partial charge in [-0.05, 0) is 36.9 Å². The molecule has 0 amide bonds. The minimum atomic E-state index is 0.359. The van der Waals surface area contributed by atoms with Crippen molar-refractivity contribution in [2.24, 2.45) is 0 Å². The van der Waals surface area contributed by atoms with Crippen LogP contribution in [0.3, 0.4) is 0 Å². The first-order chi connectivity index (χ1) is 13.9. The summed E-state index contributed by atoms with van der Waals surface area (Å²) in [6, 6.07) is 23.8. The highest BCUT2D eigenvalue weighted by molar-refractivity contribution is 5.32. The van der Waals surface area contributed by atoms with E-state index in [4.69, 9.17) is 0 Å². The van der Waals surface area contributed by atoms with Crippen LogP contribution in [0.15, 0.2) is 60.7 Å². The van der Waals surface area contributed by atoms with Crippen LogP contribution in [-0.4, -0.2) is 54.6 Å². The second-order valence-electron chi connectivity index (χ2n) is 8.33. The molecule has 2 aromatic rings. The topological polar surface area (TPSA) is 18.5 Å². The Hall–Kier alpha value is -1.68. The van der Waals surface area contributed by atoms with E-state index in [1.807, 2.05) is 0 Å². The minimum absolute atomic E-state index is 0.359. The molecule has 0 aromatic heterocycles. The third-order valence-electron chi connectivity index (χ3n) is 6.64. The lowest BCUT2D eigenvalue weighted by atomic mass is 9.93. The van der Waals surface area contributed by atoms with Crippen molar-refractivity contribution in [3.05, 3.63) is 71.8 Å². The van der Waals surface area contributed by atoms with Crippen LogP contribution in [0.4, 0.5) is 0 Å². The second-order valence-corrected chi connectivity index (χ2v) is 8.33. The van der Waals surface area contributed by atoms with E-state index in [2.05, 4.69) is 82.7 Å². The molecule has 2 aliphatic heterocycles. The number of nitrogens with one attached hydrogen (secondary N) is 1. The van der Waals surface area contributed by atoms with Gasteiger partial charge in [0.25, 0.3) is 0 Å². The Morgan fingerprint density at radius 3 is 1.89 bits per heavy atom. The number of piperidine rings is 1. The highest BCUT2D eigenvalue weighted by atomic mass is 15.3. The fraction of sp³-hybridized carbons (Fsp3) is 0.520. The zero-order chi connectivity index (χ0) is 19.2. The average Bonchev–Trinajstić information content (AvgIpc) is 2.78. The molecular weight excluding hydrogens is 342 g/mol. The van der Waals surface area contributed by atoms with Gasteiger partial charge >= 0.3 is 0 Å². The zero-order valence-electron chi connectivity index (χ0n) is 17.3. The van der Waals surface area contributed by atoms with Crippen molar-refractivity contribution in [3.63, 3.8) is 0 Å². The van der Waals surface area contributed by atoms with Crippen molar-refractivity contribution in [1.29, 1.82) is 0 Å². The van der Waals surface area contributed by atoms with Gasteiger partial charge in [-0.1, -0.05) is 74.0 Å². The molecule has 0 aliphatic carbocycles. The molecule has 0 saturated carbocycles. The van der Waals surface area contributed by atoms with Crippen molar-refractivity contribution in [2.45, 2.75) is 50.7 Å². The lowest BCUT2D eigenvalue weighted by Crippen LogP contribution is -2.57. The lowest BCUT2D eigenvalue weighted by molar-refractivity contribution is 0.0576. The van der Waals surface area contributed by atoms with Gasteiger partial charge in [-0.15, -0.1) is 0 Å². The molecule has 3 heteroatoms. The molecule has 0 spiro atoms. The van der Waals surface area contributed by atoms with Gasteiger partial charge in [0.15, 0.2) is 0 Å². The number of rotatable bonds is 6. The molecule has 2 aliphatic rings. The summed E-state index contributed by atoms with van der Waals surface area (Å²) in [4.78, 5) is 5.44. The molecular formula is C25H35N3. The average molecular weight is 378 g/mol. The van der Waals surface area contributed by atoms with E-state index in [0.29, 0.717) is 18.1 Å². The summed E-state index contributed by atoms with van der Waals surface area (Å²) in [6.45, 7) is 8.18. The Labute approximate surface area is 170 Å². The minimum Gasteiger partial charge on any atom is -0.312 e. The molecule has 28 heavy (non-hydrogen) atoms. The van der Waals surface area contributed by atoms with Crippen LogP contribution in [0.5, 0.6) is 0 Å². The summed E-state index contributed by atoms with van der Waals surface area (Å²) in [6.07, 6.45) is 5.32. The molecule has 1 N–H and O–H groups in total. The van der Waals surface area contributed by atoms with Crippen molar-refractivity contribution in [3.8, 4) is 0 Å². The Morgan fingerprint density at radius 2 is 1.39 bits per heavy atom. The number of hydrogen-bond acceptors (Lipinski definition) is 3. The summed E-state index contributed by atoms with van der Waals surface area (Å²) in [5, 5.41) is 3.80. The van der Waals surface area contributed by atoms with Crippen LogP contribution in [0.1, 0.15) is 49.8 Å². The van der Waals surface area contributed by atoms with Crippen molar-refractivity contribution in [1.82, 2.24) is 15.1 Å². The van der Waals surface area contributed by atoms with Crippen molar-refractivity contribution < 1.29 is 0 Å². The van der Waals surface area contributed by atoms with Gasteiger partial charge in [-0.25, -0.2) is 0 Å². The fourth-order valence-electron chi connectivity index (χ4n) is 5.22. The number of piperazine rings is 1. The van der Waals surface area contributed by atoms with E-state index >= 15 is 0 Å². The predicted molar refractivity (Wildman–Crippen MR) is 118 cm³/mol. The smallest absolute Gasteiger partial charge is 0.0602 e. The third kappa shape index (κ3) is 4.48. The van der Waals surface area contributed by atoms with E-state index < -0.39 is 0 Å². The normalized spacial score (nSPS) is 23.0. The molecule has 2 saturated heterocycles. The zero-order valence-corrected chi connectivity index (χ0v) is 17.3. The Morgan fingerprint density at radius 1 is 0.821 bits per heavy atom. The van der Waals surface area contributed by atoms with E-state index in [9.17, 15) is 0 Å². The van der Waals surface area contributed by atoms with Crippen molar-refractivity contribution in [2.75, 3.05) is 32.7 Å². The van der Waals surface area contributed by atoms with Crippen LogP contribution >= 0.6 is 0 Å². The molecule has 2 aromatic carbocycles. The van der Waals surface area contributed by atoms with E-state index in [1.54, 1.807) is 0 Å². The summed E-state index contributed by atoms with van der Waals surface area (Å²) in [7, 11) is 0. The number of nitrogens with zero attached hydrogens (tertiary/aromatic N) is 2. The summed E-state index contributed by atoms with van der Waals surface area (Å²) in [5.74, 6) is 0. The first-order valence-electron chi connectivity index (χ1n) is 11.2. The fourth-order valence-corrected chi connectivity index (χ4v) is 5.22. The van der Waals surface area contributed by atoms with Crippen molar-refractivity contribution >= 4 is 0 Å². The Bertz CT molecular complexity index is 649. The van der Waals surface area contributed by atoms with Gasteiger partial charge < -0.3 is 5.32 Å².